The van der Waals surface area contributed by atoms with E-state index in [1.165, 1.54) is 11.1 Å². The maximum atomic E-state index is 13.6. The molecule has 1 aliphatic heterocycles. The molecular formula is C30H40N4O6. The van der Waals surface area contributed by atoms with E-state index in [1.807, 2.05) is 65.0 Å². The molecule has 2 N–H and O–H groups in total. The Morgan fingerprint density at radius 2 is 1.68 bits per heavy atom. The fraction of sp³-hybridized carbons (Fsp3) is 0.500. The number of rotatable bonds is 12. The molecule has 3 rings (SSSR count). The summed E-state index contributed by atoms with van der Waals surface area (Å²) in [6.45, 7) is 9.95. The lowest BCUT2D eigenvalue weighted by Crippen LogP contribution is -2.57. The number of aromatic nitrogens is 1. The molecule has 0 bridgehead atoms. The predicted molar refractivity (Wildman–Crippen MR) is 150 cm³/mol. The number of nitrogens with one attached hydrogen (secondary N) is 2. The summed E-state index contributed by atoms with van der Waals surface area (Å²) < 4.78 is 10.9. The van der Waals surface area contributed by atoms with Crippen LogP contribution in [0.4, 0.5) is 4.79 Å². The molecule has 0 spiro atoms. The zero-order valence-corrected chi connectivity index (χ0v) is 23.9. The maximum absolute atomic E-state index is 13.6. The largest absolute Gasteiger partial charge is 0.491 e. The van der Waals surface area contributed by atoms with E-state index in [4.69, 9.17) is 9.47 Å². The van der Waals surface area contributed by atoms with Gasteiger partial charge in [0.15, 0.2) is 5.69 Å². The molecule has 216 valence electrons. The van der Waals surface area contributed by atoms with Crippen molar-refractivity contribution in [3.8, 4) is 5.75 Å². The monoisotopic (exact) mass is 552 g/mol. The quantitative estimate of drug-likeness (QED) is 0.384. The number of hydrogen-bond donors (Lipinski definition) is 2. The van der Waals surface area contributed by atoms with Crippen LogP contribution in [-0.4, -0.2) is 64.9 Å². The SMILES string of the molecule is CCOc1cccnc1C(=O)[C@@H](NC(=O)[C@@H]1CCCN1C(=O)[C@@H](NC(=O)OCc1ccccc1)C(C)C)C(C)C. The number of carbonyl (C=O) groups excluding carboxylic acids is 4. The van der Waals surface area contributed by atoms with Gasteiger partial charge in [0.1, 0.15) is 24.4 Å². The van der Waals surface area contributed by atoms with Crippen molar-refractivity contribution in [3.63, 3.8) is 0 Å². The van der Waals surface area contributed by atoms with E-state index in [0.717, 1.165) is 5.56 Å². The second kappa shape index (κ2) is 14.4. The highest BCUT2D eigenvalue weighted by Gasteiger charge is 2.40. The third-order valence-electron chi connectivity index (χ3n) is 6.81. The number of ether oxygens (including phenoxy) is 2. The zero-order valence-electron chi connectivity index (χ0n) is 23.9. The van der Waals surface area contributed by atoms with E-state index < -0.39 is 30.1 Å². The van der Waals surface area contributed by atoms with Crippen molar-refractivity contribution < 1.29 is 28.7 Å². The summed E-state index contributed by atoms with van der Waals surface area (Å²) >= 11 is 0. The average molecular weight is 553 g/mol. The molecule has 3 amide bonds. The number of nitrogens with zero attached hydrogens (tertiary/aromatic N) is 2. The molecule has 1 aromatic heterocycles. The molecule has 0 radical (unpaired) electrons. The van der Waals surface area contributed by atoms with Crippen LogP contribution in [0.3, 0.4) is 0 Å². The molecule has 3 atom stereocenters. The van der Waals surface area contributed by atoms with Crippen LogP contribution < -0.4 is 15.4 Å². The predicted octanol–water partition coefficient (Wildman–Crippen LogP) is 3.75. The van der Waals surface area contributed by atoms with E-state index in [0.29, 0.717) is 31.7 Å². The first-order valence-electron chi connectivity index (χ1n) is 13.8. The highest BCUT2D eigenvalue weighted by Crippen LogP contribution is 2.23. The Morgan fingerprint density at radius 3 is 2.33 bits per heavy atom. The fourth-order valence-electron chi connectivity index (χ4n) is 4.67. The van der Waals surface area contributed by atoms with Crippen LogP contribution in [-0.2, 0) is 20.9 Å². The molecule has 40 heavy (non-hydrogen) atoms. The van der Waals surface area contributed by atoms with E-state index in [-0.39, 0.29) is 35.8 Å². The Bertz CT molecular complexity index is 1170. The van der Waals surface area contributed by atoms with Crippen molar-refractivity contribution in [2.45, 2.75) is 72.2 Å². The fourth-order valence-corrected chi connectivity index (χ4v) is 4.67. The Kier molecular flexibility index (Phi) is 11.0. The minimum Gasteiger partial charge on any atom is -0.491 e. The van der Waals surface area contributed by atoms with Gasteiger partial charge in [-0.05, 0) is 49.3 Å². The summed E-state index contributed by atoms with van der Waals surface area (Å²) in [6, 6.07) is 10.1. The summed E-state index contributed by atoms with van der Waals surface area (Å²) in [5.41, 5.74) is 0.982. The first-order chi connectivity index (χ1) is 19.1. The molecule has 1 fully saturated rings. The smallest absolute Gasteiger partial charge is 0.408 e. The van der Waals surface area contributed by atoms with Crippen molar-refractivity contribution >= 4 is 23.7 Å². The van der Waals surface area contributed by atoms with Gasteiger partial charge in [-0.15, -0.1) is 0 Å². The number of carbonyl (C=O) groups is 4. The Hall–Kier alpha value is -3.95. The minimum atomic E-state index is -0.874. The Labute approximate surface area is 235 Å². The maximum Gasteiger partial charge on any atom is 0.408 e. The van der Waals surface area contributed by atoms with E-state index in [2.05, 4.69) is 15.6 Å². The average Bonchev–Trinajstić information content (AvgIpc) is 3.44. The summed E-state index contributed by atoms with van der Waals surface area (Å²) in [5, 5.41) is 5.55. The lowest BCUT2D eigenvalue weighted by atomic mass is 9.96. The Balaban J connectivity index is 1.69. The topological polar surface area (TPSA) is 127 Å². The van der Waals surface area contributed by atoms with Gasteiger partial charge in [0.2, 0.25) is 17.6 Å². The van der Waals surface area contributed by atoms with Gasteiger partial charge in [-0.3, -0.25) is 14.4 Å². The summed E-state index contributed by atoms with van der Waals surface area (Å²) in [5.74, 6) is -1.25. The van der Waals surface area contributed by atoms with Crippen molar-refractivity contribution in [1.82, 2.24) is 20.5 Å². The summed E-state index contributed by atoms with van der Waals surface area (Å²) in [6.07, 6.45) is 1.88. The van der Waals surface area contributed by atoms with E-state index >= 15 is 0 Å². The number of Topliss-reactive ketones (excluding diaryl/α,β-unsaturated/α-hetero) is 1. The van der Waals surface area contributed by atoms with Gasteiger partial charge in [0, 0.05) is 12.7 Å². The third kappa shape index (κ3) is 7.80. The molecule has 1 aliphatic rings. The minimum absolute atomic E-state index is 0.0757. The third-order valence-corrected chi connectivity index (χ3v) is 6.81. The lowest BCUT2D eigenvalue weighted by Gasteiger charge is -2.31. The normalized spacial score (nSPS) is 16.4. The number of likely N-dealkylation sites (tertiary alicyclic amines) is 1. The van der Waals surface area contributed by atoms with Crippen molar-refractivity contribution in [2.24, 2.45) is 11.8 Å². The van der Waals surface area contributed by atoms with Crippen LogP contribution >= 0.6 is 0 Å². The van der Waals surface area contributed by atoms with Gasteiger partial charge in [-0.25, -0.2) is 9.78 Å². The molecule has 0 saturated carbocycles. The number of benzene rings is 1. The molecule has 0 aliphatic carbocycles. The highest BCUT2D eigenvalue weighted by atomic mass is 16.5. The van der Waals surface area contributed by atoms with Gasteiger partial charge in [0.25, 0.3) is 0 Å². The molecule has 0 unspecified atom stereocenters. The molecule has 10 nitrogen and oxygen atoms in total. The van der Waals surface area contributed by atoms with E-state index in [1.54, 1.807) is 12.1 Å². The van der Waals surface area contributed by atoms with Crippen LogP contribution in [0.25, 0.3) is 0 Å². The van der Waals surface area contributed by atoms with Crippen LogP contribution in [0.5, 0.6) is 5.75 Å². The van der Waals surface area contributed by atoms with Crippen molar-refractivity contribution in [3.05, 3.63) is 59.9 Å². The van der Waals surface area contributed by atoms with Crippen molar-refractivity contribution in [2.75, 3.05) is 13.2 Å². The van der Waals surface area contributed by atoms with Gasteiger partial charge < -0.3 is 25.0 Å². The number of alkyl carbamates (subject to hydrolysis) is 1. The second-order valence-corrected chi connectivity index (χ2v) is 10.5. The molecule has 1 saturated heterocycles. The number of pyridine rings is 1. The van der Waals surface area contributed by atoms with Crippen LogP contribution in [0, 0.1) is 11.8 Å². The first-order valence-corrected chi connectivity index (χ1v) is 13.8. The molecular weight excluding hydrogens is 512 g/mol. The van der Waals surface area contributed by atoms with Crippen LogP contribution in [0.1, 0.15) is 63.5 Å². The van der Waals surface area contributed by atoms with E-state index in [9.17, 15) is 19.2 Å². The molecule has 10 heteroatoms. The number of amides is 3. The molecule has 2 heterocycles. The van der Waals surface area contributed by atoms with Gasteiger partial charge in [-0.2, -0.15) is 0 Å². The summed E-state index contributed by atoms with van der Waals surface area (Å²) in [7, 11) is 0. The van der Waals surface area contributed by atoms with Crippen LogP contribution in [0.15, 0.2) is 48.7 Å². The molecule has 1 aromatic carbocycles. The zero-order chi connectivity index (χ0) is 29.2. The first kappa shape index (κ1) is 30.6. The van der Waals surface area contributed by atoms with Crippen LogP contribution in [0.2, 0.25) is 0 Å². The van der Waals surface area contributed by atoms with Gasteiger partial charge in [-0.1, -0.05) is 58.0 Å². The lowest BCUT2D eigenvalue weighted by molar-refractivity contribution is -0.141. The van der Waals surface area contributed by atoms with Crippen molar-refractivity contribution in [1.29, 1.82) is 0 Å². The summed E-state index contributed by atoms with van der Waals surface area (Å²) in [4.78, 5) is 58.7. The second-order valence-electron chi connectivity index (χ2n) is 10.5. The standard InChI is InChI=1S/C30H40N4O6/c1-6-39-23-15-10-16-31-26(23)27(35)24(19(2)3)32-28(36)22-14-11-17-34(22)29(37)25(20(4)5)33-30(38)40-18-21-12-8-7-9-13-21/h7-10,12-13,15-16,19-20,22,24-25H,6,11,14,17-18H2,1-5H3,(H,32,36)(H,33,38)/t22-,24-,25-/m0/s1. The molecule has 2 aromatic rings. The van der Waals surface area contributed by atoms with Gasteiger partial charge >= 0.3 is 6.09 Å². The Morgan fingerprint density at radius 1 is 0.975 bits per heavy atom. The highest BCUT2D eigenvalue weighted by molar-refractivity contribution is 6.03. The van der Waals surface area contributed by atoms with Gasteiger partial charge in [0.05, 0.1) is 12.6 Å². The number of ketones is 1. The number of hydrogen-bond acceptors (Lipinski definition) is 7.